The molecule has 1 heterocycles. The number of aryl methyl sites for hydroxylation is 1. The molecule has 26 heavy (non-hydrogen) atoms. The number of hydrogen-bond donors (Lipinski definition) is 2. The molecule has 0 aliphatic rings. The quantitative estimate of drug-likeness (QED) is 0.688. The van der Waals surface area contributed by atoms with E-state index in [1.54, 1.807) is 31.2 Å². The van der Waals surface area contributed by atoms with Gasteiger partial charge >= 0.3 is 0 Å². The van der Waals surface area contributed by atoms with Crippen molar-refractivity contribution < 1.29 is 21.4 Å². The number of hydrogen-bond acceptors (Lipinski definition) is 6. The topological polar surface area (TPSA) is 146 Å². The molecule has 0 amide bonds. The Hall–Kier alpha value is -2.53. The number of sulfonamides is 2. The average molecular weight is 393 g/mol. The van der Waals surface area contributed by atoms with Crippen LogP contribution in [0.1, 0.15) is 5.76 Å². The van der Waals surface area contributed by atoms with Crippen molar-refractivity contribution >= 4 is 20.0 Å². The fourth-order valence-electron chi connectivity index (χ4n) is 2.54. The van der Waals surface area contributed by atoms with E-state index in [2.05, 4.69) is 5.16 Å². The third-order valence-electron chi connectivity index (χ3n) is 3.77. The van der Waals surface area contributed by atoms with Crippen molar-refractivity contribution in [3.63, 3.8) is 0 Å². The second kappa shape index (κ2) is 6.32. The van der Waals surface area contributed by atoms with Crippen molar-refractivity contribution in [1.82, 2.24) is 5.16 Å². The van der Waals surface area contributed by atoms with Crippen molar-refractivity contribution in [3.8, 4) is 22.4 Å². The number of aromatic nitrogens is 1. The van der Waals surface area contributed by atoms with Gasteiger partial charge in [-0.2, -0.15) is 0 Å². The first kappa shape index (κ1) is 18.3. The van der Waals surface area contributed by atoms with E-state index in [9.17, 15) is 16.8 Å². The summed E-state index contributed by atoms with van der Waals surface area (Å²) in [4.78, 5) is -0.0701. The van der Waals surface area contributed by atoms with Gasteiger partial charge in [0.2, 0.25) is 20.0 Å². The van der Waals surface area contributed by atoms with Crippen LogP contribution < -0.4 is 10.3 Å². The van der Waals surface area contributed by atoms with Crippen molar-refractivity contribution in [2.75, 3.05) is 0 Å². The molecule has 10 heteroatoms. The predicted octanol–water partition coefficient (Wildman–Crippen LogP) is 1.61. The number of nitrogens with zero attached hydrogens (tertiary/aromatic N) is 1. The number of benzene rings is 2. The van der Waals surface area contributed by atoms with E-state index < -0.39 is 20.0 Å². The molecule has 0 saturated carbocycles. The molecule has 0 saturated heterocycles. The van der Waals surface area contributed by atoms with Gasteiger partial charge in [-0.15, -0.1) is 0 Å². The zero-order valence-electron chi connectivity index (χ0n) is 13.6. The van der Waals surface area contributed by atoms with Gasteiger partial charge in [0.15, 0.2) is 0 Å². The second-order valence-electron chi connectivity index (χ2n) is 5.60. The van der Waals surface area contributed by atoms with E-state index in [4.69, 9.17) is 14.8 Å². The SMILES string of the molecule is Cc1onc(-c2cccc(S(N)(=O)=O)c2)c1-c1ccc(S(N)(=O)=O)cc1. The third-order valence-corrected chi connectivity index (χ3v) is 5.61. The minimum atomic E-state index is -3.86. The van der Waals surface area contributed by atoms with Gasteiger partial charge in [0.25, 0.3) is 0 Å². The van der Waals surface area contributed by atoms with E-state index in [0.717, 1.165) is 0 Å². The lowest BCUT2D eigenvalue weighted by Gasteiger charge is -2.06. The maximum atomic E-state index is 11.6. The maximum absolute atomic E-state index is 11.6. The summed E-state index contributed by atoms with van der Waals surface area (Å²) in [5.74, 6) is 0.490. The fourth-order valence-corrected chi connectivity index (χ4v) is 3.62. The summed E-state index contributed by atoms with van der Waals surface area (Å²) in [5, 5.41) is 14.3. The molecule has 2 aromatic carbocycles. The Morgan fingerprint density at radius 3 is 2.04 bits per heavy atom. The van der Waals surface area contributed by atoms with Crippen LogP contribution in [-0.4, -0.2) is 22.0 Å². The van der Waals surface area contributed by atoms with E-state index in [-0.39, 0.29) is 9.79 Å². The first-order chi connectivity index (χ1) is 12.1. The molecule has 0 unspecified atom stereocenters. The monoisotopic (exact) mass is 393 g/mol. The van der Waals surface area contributed by atoms with Crippen molar-refractivity contribution in [3.05, 3.63) is 54.3 Å². The van der Waals surface area contributed by atoms with Gasteiger partial charge in [0, 0.05) is 5.56 Å². The highest BCUT2D eigenvalue weighted by molar-refractivity contribution is 7.89. The Balaban J connectivity index is 2.14. The number of primary sulfonamides is 2. The van der Waals surface area contributed by atoms with Crippen LogP contribution in [0.3, 0.4) is 0 Å². The molecule has 136 valence electrons. The summed E-state index contributed by atoms with van der Waals surface area (Å²) < 4.78 is 51.2. The normalized spacial score (nSPS) is 12.3. The number of nitrogens with two attached hydrogens (primary N) is 2. The largest absolute Gasteiger partial charge is 0.360 e. The third kappa shape index (κ3) is 3.53. The van der Waals surface area contributed by atoms with Crippen LogP contribution in [0.15, 0.2) is 62.8 Å². The van der Waals surface area contributed by atoms with E-state index >= 15 is 0 Å². The van der Waals surface area contributed by atoms with E-state index in [1.807, 2.05) is 0 Å². The molecule has 4 N–H and O–H groups in total. The lowest BCUT2D eigenvalue weighted by molar-refractivity contribution is 0.400. The summed E-state index contributed by atoms with van der Waals surface area (Å²) in [5.41, 5.74) is 2.17. The van der Waals surface area contributed by atoms with Crippen LogP contribution in [0, 0.1) is 6.92 Å². The fraction of sp³-hybridized carbons (Fsp3) is 0.0625. The van der Waals surface area contributed by atoms with Crippen molar-refractivity contribution in [2.24, 2.45) is 10.3 Å². The molecule has 0 aliphatic carbocycles. The van der Waals surface area contributed by atoms with Gasteiger partial charge in [-0.25, -0.2) is 27.1 Å². The molecule has 8 nitrogen and oxygen atoms in total. The second-order valence-corrected chi connectivity index (χ2v) is 8.73. The Morgan fingerprint density at radius 2 is 1.46 bits per heavy atom. The molecule has 0 radical (unpaired) electrons. The Bertz CT molecular complexity index is 1180. The lowest BCUT2D eigenvalue weighted by atomic mass is 10.00. The van der Waals surface area contributed by atoms with Crippen LogP contribution in [0.25, 0.3) is 22.4 Å². The minimum Gasteiger partial charge on any atom is -0.360 e. The molecule has 0 bridgehead atoms. The van der Waals surface area contributed by atoms with Crippen molar-refractivity contribution in [2.45, 2.75) is 16.7 Å². The summed E-state index contributed by atoms with van der Waals surface area (Å²) in [7, 11) is -7.67. The first-order valence-corrected chi connectivity index (χ1v) is 10.4. The highest BCUT2D eigenvalue weighted by atomic mass is 32.2. The standard InChI is InChI=1S/C16H15N3O5S2/c1-10-15(11-5-7-13(8-6-11)25(17,20)21)16(19-24-10)12-3-2-4-14(9-12)26(18,22)23/h2-9H,1H3,(H2,17,20,21)(H2,18,22,23). The van der Waals surface area contributed by atoms with Crippen LogP contribution in [0.5, 0.6) is 0 Å². The van der Waals surface area contributed by atoms with Gasteiger partial charge < -0.3 is 4.52 Å². The maximum Gasteiger partial charge on any atom is 0.238 e. The van der Waals surface area contributed by atoms with Crippen LogP contribution >= 0.6 is 0 Å². The summed E-state index contributed by atoms with van der Waals surface area (Å²) in [6, 6.07) is 11.9. The van der Waals surface area contributed by atoms with Crippen LogP contribution in [0.2, 0.25) is 0 Å². The molecular formula is C16H15N3O5S2. The highest BCUT2D eigenvalue weighted by Crippen LogP contribution is 2.35. The molecule has 0 atom stereocenters. The van der Waals surface area contributed by atoms with E-state index in [1.165, 1.54) is 24.3 Å². The predicted molar refractivity (Wildman–Crippen MR) is 94.9 cm³/mol. The Kier molecular flexibility index (Phi) is 4.44. The van der Waals surface area contributed by atoms with Gasteiger partial charge in [0.1, 0.15) is 11.5 Å². The zero-order chi connectivity index (χ0) is 19.1. The molecule has 0 aliphatic heterocycles. The zero-order valence-corrected chi connectivity index (χ0v) is 15.2. The minimum absolute atomic E-state index is 0.0203. The molecule has 1 aromatic heterocycles. The average Bonchev–Trinajstić information content (AvgIpc) is 2.95. The smallest absolute Gasteiger partial charge is 0.238 e. The van der Waals surface area contributed by atoms with E-state index in [0.29, 0.717) is 28.1 Å². The molecular weight excluding hydrogens is 378 g/mol. The molecule has 3 aromatic rings. The summed E-state index contributed by atoms with van der Waals surface area (Å²) in [6.07, 6.45) is 0. The van der Waals surface area contributed by atoms with Gasteiger partial charge in [0.05, 0.1) is 15.4 Å². The molecule has 3 rings (SSSR count). The first-order valence-electron chi connectivity index (χ1n) is 7.30. The van der Waals surface area contributed by atoms with Crippen LogP contribution in [-0.2, 0) is 20.0 Å². The van der Waals surface area contributed by atoms with Crippen LogP contribution in [0.4, 0.5) is 0 Å². The summed E-state index contributed by atoms with van der Waals surface area (Å²) in [6.45, 7) is 1.70. The van der Waals surface area contributed by atoms with Gasteiger partial charge in [-0.1, -0.05) is 29.4 Å². The summed E-state index contributed by atoms with van der Waals surface area (Å²) >= 11 is 0. The van der Waals surface area contributed by atoms with Crippen molar-refractivity contribution in [1.29, 1.82) is 0 Å². The van der Waals surface area contributed by atoms with Gasteiger partial charge in [-0.3, -0.25) is 0 Å². The molecule has 0 spiro atoms. The Morgan fingerprint density at radius 1 is 0.846 bits per heavy atom. The highest BCUT2D eigenvalue weighted by Gasteiger charge is 2.19. The number of rotatable bonds is 4. The lowest BCUT2D eigenvalue weighted by Crippen LogP contribution is -2.12. The van der Waals surface area contributed by atoms with Gasteiger partial charge in [-0.05, 0) is 36.8 Å². The Labute approximate surface area is 150 Å². The molecule has 0 fully saturated rings.